The number of hydrogen-bond donors (Lipinski definition) is 4. The second-order valence-electron chi connectivity index (χ2n) is 4.23. The molecule has 2 heterocycles. The lowest BCUT2D eigenvalue weighted by Gasteiger charge is -2.17. The fraction of sp³-hybridized carbons (Fsp3) is 0.600. The molecule has 1 aliphatic heterocycles. The quantitative estimate of drug-likeness (QED) is 0.466. The van der Waals surface area contributed by atoms with Crippen LogP contribution >= 0.6 is 0 Å². The lowest BCUT2D eigenvalue weighted by atomic mass is 10.1. The van der Waals surface area contributed by atoms with E-state index in [2.05, 4.69) is 0 Å². The van der Waals surface area contributed by atoms with E-state index in [0.29, 0.717) is 0 Å². The predicted octanol–water partition coefficient (Wildman–Crippen LogP) is -2.46. The highest BCUT2D eigenvalue weighted by Crippen LogP contribution is 2.29. The normalized spacial score (nSPS) is 33.6. The maximum atomic E-state index is 11.5. The molecular weight excluding hydrogens is 244 g/mol. The molecule has 0 radical (unpaired) electrons. The summed E-state index contributed by atoms with van der Waals surface area (Å²) in [5, 5.41) is 28.8. The maximum absolute atomic E-state index is 11.5. The van der Waals surface area contributed by atoms with Gasteiger partial charge in [-0.15, -0.1) is 0 Å². The SMILES string of the molecule is C[C@@H](O)[C@@H]1O[C@@H](n2ccc(=O)[nH]c2=O)C(O)C1O. The van der Waals surface area contributed by atoms with Crippen molar-refractivity contribution >= 4 is 0 Å². The Labute approximate surface area is 101 Å². The van der Waals surface area contributed by atoms with Crippen molar-refractivity contribution in [2.75, 3.05) is 0 Å². The van der Waals surface area contributed by atoms with Crippen LogP contribution in [0.1, 0.15) is 13.2 Å². The molecule has 1 aliphatic rings. The van der Waals surface area contributed by atoms with Crippen LogP contribution in [0.2, 0.25) is 0 Å². The maximum Gasteiger partial charge on any atom is 0.330 e. The number of nitrogens with one attached hydrogen (secondary N) is 1. The number of ether oxygens (including phenoxy) is 1. The zero-order chi connectivity index (χ0) is 13.4. The van der Waals surface area contributed by atoms with Crippen LogP contribution in [0.4, 0.5) is 0 Å². The summed E-state index contributed by atoms with van der Waals surface area (Å²) in [4.78, 5) is 24.5. The molecule has 8 nitrogen and oxygen atoms in total. The first-order valence-corrected chi connectivity index (χ1v) is 5.43. The first kappa shape index (κ1) is 13.0. The number of aliphatic hydroxyl groups is 3. The fourth-order valence-corrected chi connectivity index (χ4v) is 1.94. The van der Waals surface area contributed by atoms with E-state index in [1.54, 1.807) is 0 Å². The van der Waals surface area contributed by atoms with Gasteiger partial charge in [0.15, 0.2) is 6.23 Å². The number of H-pyrrole nitrogens is 1. The standard InChI is InChI=1S/C10H14N2O6/c1-4(13)8-6(15)7(16)9(18-8)12-3-2-5(14)11-10(12)17/h2-4,6-9,13,15-16H,1H3,(H,11,14,17)/t4-,6?,7?,8+,9-/m1/s1. The molecule has 18 heavy (non-hydrogen) atoms. The van der Waals surface area contributed by atoms with Crippen LogP contribution in [0.5, 0.6) is 0 Å². The fourth-order valence-electron chi connectivity index (χ4n) is 1.94. The van der Waals surface area contributed by atoms with Gasteiger partial charge < -0.3 is 20.1 Å². The van der Waals surface area contributed by atoms with Crippen LogP contribution in [0, 0.1) is 0 Å². The molecule has 1 aromatic rings. The zero-order valence-corrected chi connectivity index (χ0v) is 9.56. The summed E-state index contributed by atoms with van der Waals surface area (Å²) in [5.74, 6) is 0. The van der Waals surface area contributed by atoms with Gasteiger partial charge in [-0.2, -0.15) is 0 Å². The summed E-state index contributed by atoms with van der Waals surface area (Å²) in [6, 6.07) is 1.10. The van der Waals surface area contributed by atoms with Crippen molar-refractivity contribution < 1.29 is 20.1 Å². The molecule has 1 saturated heterocycles. The van der Waals surface area contributed by atoms with Crippen LogP contribution in [0.3, 0.4) is 0 Å². The molecule has 0 aliphatic carbocycles. The average Bonchev–Trinajstić information content (AvgIpc) is 2.57. The minimum atomic E-state index is -1.37. The predicted molar refractivity (Wildman–Crippen MR) is 58.9 cm³/mol. The van der Waals surface area contributed by atoms with Gasteiger partial charge in [-0.25, -0.2) is 4.79 Å². The Hall–Kier alpha value is -1.48. The minimum Gasteiger partial charge on any atom is -0.391 e. The van der Waals surface area contributed by atoms with E-state index in [1.165, 1.54) is 6.92 Å². The summed E-state index contributed by atoms with van der Waals surface area (Å²) in [6.07, 6.45) is -4.67. The van der Waals surface area contributed by atoms with Gasteiger partial charge in [-0.05, 0) is 6.92 Å². The molecule has 1 aromatic heterocycles. The van der Waals surface area contributed by atoms with Crippen molar-refractivity contribution in [3.63, 3.8) is 0 Å². The lowest BCUT2D eigenvalue weighted by Crippen LogP contribution is -2.38. The van der Waals surface area contributed by atoms with Gasteiger partial charge >= 0.3 is 5.69 Å². The number of rotatable bonds is 2. The molecule has 100 valence electrons. The van der Waals surface area contributed by atoms with Crippen LogP contribution in [0.25, 0.3) is 0 Å². The summed E-state index contributed by atoms with van der Waals surface area (Å²) in [5.41, 5.74) is -1.33. The number of hydrogen-bond acceptors (Lipinski definition) is 6. The van der Waals surface area contributed by atoms with Crippen LogP contribution in [-0.2, 0) is 4.74 Å². The lowest BCUT2D eigenvalue weighted by molar-refractivity contribution is -0.0804. The number of nitrogens with zero attached hydrogens (tertiary/aromatic N) is 1. The Morgan fingerprint density at radius 2 is 2.06 bits per heavy atom. The van der Waals surface area contributed by atoms with Gasteiger partial charge in [0.2, 0.25) is 0 Å². The molecular formula is C10H14N2O6. The molecule has 4 N–H and O–H groups in total. The van der Waals surface area contributed by atoms with Gasteiger partial charge in [-0.1, -0.05) is 0 Å². The summed E-state index contributed by atoms with van der Waals surface area (Å²) >= 11 is 0. The summed E-state index contributed by atoms with van der Waals surface area (Å²) in [7, 11) is 0. The highest BCUT2D eigenvalue weighted by Gasteiger charge is 2.45. The third-order valence-electron chi connectivity index (χ3n) is 2.88. The Kier molecular flexibility index (Phi) is 3.35. The van der Waals surface area contributed by atoms with Crippen molar-refractivity contribution in [3.05, 3.63) is 33.1 Å². The van der Waals surface area contributed by atoms with E-state index in [0.717, 1.165) is 16.8 Å². The van der Waals surface area contributed by atoms with E-state index < -0.39 is 41.9 Å². The monoisotopic (exact) mass is 258 g/mol. The smallest absolute Gasteiger partial charge is 0.330 e. The number of aromatic amines is 1. The molecule has 5 atom stereocenters. The van der Waals surface area contributed by atoms with E-state index >= 15 is 0 Å². The molecule has 0 aromatic carbocycles. The molecule has 2 rings (SSSR count). The van der Waals surface area contributed by atoms with Gasteiger partial charge in [0, 0.05) is 12.3 Å². The molecule has 0 spiro atoms. The van der Waals surface area contributed by atoms with Crippen molar-refractivity contribution in [1.82, 2.24) is 9.55 Å². The third kappa shape index (κ3) is 2.10. The molecule has 8 heteroatoms. The zero-order valence-electron chi connectivity index (χ0n) is 9.56. The van der Waals surface area contributed by atoms with Crippen LogP contribution in [-0.4, -0.2) is 49.3 Å². The van der Waals surface area contributed by atoms with Gasteiger partial charge in [0.05, 0.1) is 6.10 Å². The van der Waals surface area contributed by atoms with E-state index in [1.807, 2.05) is 4.98 Å². The van der Waals surface area contributed by atoms with Gasteiger partial charge in [0.25, 0.3) is 5.56 Å². The topological polar surface area (TPSA) is 125 Å². The average molecular weight is 258 g/mol. The van der Waals surface area contributed by atoms with E-state index in [-0.39, 0.29) is 0 Å². The first-order valence-electron chi connectivity index (χ1n) is 5.43. The Bertz CT molecular complexity index is 536. The van der Waals surface area contributed by atoms with Crippen LogP contribution < -0.4 is 11.2 Å². The van der Waals surface area contributed by atoms with Crippen molar-refractivity contribution in [2.45, 2.75) is 37.6 Å². The highest BCUT2D eigenvalue weighted by molar-refractivity contribution is 4.94. The van der Waals surface area contributed by atoms with Crippen molar-refractivity contribution in [2.24, 2.45) is 0 Å². The molecule has 1 fully saturated rings. The van der Waals surface area contributed by atoms with Crippen molar-refractivity contribution in [1.29, 1.82) is 0 Å². The van der Waals surface area contributed by atoms with Crippen molar-refractivity contribution in [3.8, 4) is 0 Å². The van der Waals surface area contributed by atoms with Crippen LogP contribution in [0.15, 0.2) is 21.9 Å². The minimum absolute atomic E-state index is 0.573. The molecule has 2 unspecified atom stereocenters. The molecule has 0 saturated carbocycles. The Balaban J connectivity index is 2.35. The second-order valence-corrected chi connectivity index (χ2v) is 4.23. The second kappa shape index (κ2) is 4.65. The van der Waals surface area contributed by atoms with E-state index in [9.17, 15) is 24.9 Å². The first-order chi connectivity index (χ1) is 8.41. The Morgan fingerprint density at radius 3 is 2.56 bits per heavy atom. The van der Waals surface area contributed by atoms with Gasteiger partial charge in [-0.3, -0.25) is 14.3 Å². The summed E-state index contributed by atoms with van der Waals surface area (Å²) in [6.45, 7) is 1.40. The third-order valence-corrected chi connectivity index (χ3v) is 2.88. The van der Waals surface area contributed by atoms with Gasteiger partial charge in [0.1, 0.15) is 18.3 Å². The largest absolute Gasteiger partial charge is 0.391 e. The Morgan fingerprint density at radius 1 is 1.39 bits per heavy atom. The van der Waals surface area contributed by atoms with E-state index in [4.69, 9.17) is 4.74 Å². The molecule has 0 amide bonds. The number of aliphatic hydroxyl groups excluding tert-OH is 3. The molecule has 0 bridgehead atoms. The highest BCUT2D eigenvalue weighted by atomic mass is 16.6. The summed E-state index contributed by atoms with van der Waals surface area (Å²) < 4.78 is 6.20. The number of aromatic nitrogens is 2.